The molecule has 0 saturated heterocycles. The van der Waals surface area contributed by atoms with Crippen LogP contribution in [0.4, 0.5) is 15.8 Å². The number of aromatic hydroxyl groups is 1. The molecule has 0 saturated carbocycles. The first-order valence-electron chi connectivity index (χ1n) is 6.93. The van der Waals surface area contributed by atoms with E-state index in [2.05, 4.69) is 20.5 Å². The molecule has 0 atom stereocenters. The number of thiocarbonyl (C=S) groups is 1. The molecule has 122 valence electrons. The van der Waals surface area contributed by atoms with Gasteiger partial charge in [0, 0.05) is 16.1 Å². The topological polar surface area (TPSA) is 72.8 Å². The third-order valence-corrected chi connectivity index (χ3v) is 4.06. The molecule has 3 aromatic rings. The van der Waals surface area contributed by atoms with Crippen molar-refractivity contribution in [1.82, 2.24) is 4.98 Å². The summed E-state index contributed by atoms with van der Waals surface area (Å²) in [4.78, 5) is 2.64. The summed E-state index contributed by atoms with van der Waals surface area (Å²) >= 11 is 11.2. The van der Waals surface area contributed by atoms with Crippen LogP contribution in [0.3, 0.4) is 0 Å². The number of aromatic amines is 1. The van der Waals surface area contributed by atoms with Crippen LogP contribution in [0.2, 0.25) is 5.02 Å². The summed E-state index contributed by atoms with van der Waals surface area (Å²) in [5, 5.41) is 21.9. The van der Waals surface area contributed by atoms with Gasteiger partial charge in [0.25, 0.3) is 0 Å². The molecular weight excluding hydrogens is 351 g/mol. The second-order valence-corrected chi connectivity index (χ2v) is 5.85. The van der Waals surface area contributed by atoms with Gasteiger partial charge in [-0.3, -0.25) is 0 Å². The number of nitrogens with one attached hydrogen (secondary N) is 2. The molecular formula is C16H12ClFN4OS. The van der Waals surface area contributed by atoms with Crippen molar-refractivity contribution < 1.29 is 9.50 Å². The Morgan fingerprint density at radius 2 is 2.12 bits per heavy atom. The molecule has 2 aromatic carbocycles. The Balaban J connectivity index is 1.84. The summed E-state index contributed by atoms with van der Waals surface area (Å²) in [6.45, 7) is 1.85. The normalized spacial score (nSPS) is 11.3. The van der Waals surface area contributed by atoms with Crippen LogP contribution in [0.5, 0.6) is 5.88 Å². The molecule has 0 aliphatic rings. The molecule has 0 fully saturated rings. The van der Waals surface area contributed by atoms with Crippen LogP contribution in [0.1, 0.15) is 5.56 Å². The van der Waals surface area contributed by atoms with Gasteiger partial charge in [0.1, 0.15) is 5.82 Å². The molecule has 0 amide bonds. The number of anilines is 1. The number of nitrogens with zero attached hydrogens (tertiary/aromatic N) is 2. The zero-order valence-electron chi connectivity index (χ0n) is 12.5. The Kier molecular flexibility index (Phi) is 4.46. The summed E-state index contributed by atoms with van der Waals surface area (Å²) in [5.41, 5.74) is 2.17. The highest BCUT2D eigenvalue weighted by atomic mass is 35.5. The molecule has 3 rings (SSSR count). The van der Waals surface area contributed by atoms with Gasteiger partial charge in [0.05, 0.1) is 5.52 Å². The second kappa shape index (κ2) is 6.54. The number of benzene rings is 2. The lowest BCUT2D eigenvalue weighted by Gasteiger charge is -2.07. The third kappa shape index (κ3) is 3.22. The standard InChI is InChI=1S/C16H12ClFN4OS/c1-8-11(17)3-2-4-12(8)20-16(24)22-21-14-10-6-5-9(18)7-13(10)19-15(14)23/h2-7,19,23H,1H3,(H,20,24). The first-order chi connectivity index (χ1) is 11.5. The number of hydrogen-bond donors (Lipinski definition) is 3. The molecule has 0 bridgehead atoms. The zero-order valence-corrected chi connectivity index (χ0v) is 14.0. The fourth-order valence-electron chi connectivity index (χ4n) is 2.22. The minimum Gasteiger partial charge on any atom is -0.493 e. The van der Waals surface area contributed by atoms with Crippen molar-refractivity contribution in [3.05, 3.63) is 52.8 Å². The zero-order chi connectivity index (χ0) is 17.3. The van der Waals surface area contributed by atoms with E-state index in [-0.39, 0.29) is 16.7 Å². The van der Waals surface area contributed by atoms with Gasteiger partial charge >= 0.3 is 0 Å². The molecule has 1 heterocycles. The van der Waals surface area contributed by atoms with Crippen LogP contribution in [0.15, 0.2) is 46.6 Å². The maximum absolute atomic E-state index is 13.2. The maximum Gasteiger partial charge on any atom is 0.218 e. The smallest absolute Gasteiger partial charge is 0.218 e. The van der Waals surface area contributed by atoms with Gasteiger partial charge in [-0.25, -0.2) is 4.39 Å². The number of H-pyrrole nitrogens is 1. The average molecular weight is 363 g/mol. The van der Waals surface area contributed by atoms with Crippen molar-refractivity contribution in [3.8, 4) is 5.88 Å². The highest BCUT2D eigenvalue weighted by molar-refractivity contribution is 7.80. The molecule has 5 nitrogen and oxygen atoms in total. The van der Waals surface area contributed by atoms with E-state index in [4.69, 9.17) is 23.8 Å². The first kappa shape index (κ1) is 16.4. The largest absolute Gasteiger partial charge is 0.493 e. The second-order valence-electron chi connectivity index (χ2n) is 5.05. The lowest BCUT2D eigenvalue weighted by molar-refractivity contribution is 0.459. The highest BCUT2D eigenvalue weighted by Crippen LogP contribution is 2.35. The van der Waals surface area contributed by atoms with E-state index in [1.807, 2.05) is 13.0 Å². The molecule has 0 aliphatic carbocycles. The summed E-state index contributed by atoms with van der Waals surface area (Å²) in [5.74, 6) is -0.623. The Morgan fingerprint density at radius 3 is 2.92 bits per heavy atom. The van der Waals surface area contributed by atoms with Crippen LogP contribution in [0.25, 0.3) is 10.9 Å². The van der Waals surface area contributed by atoms with Crippen LogP contribution < -0.4 is 5.32 Å². The minimum atomic E-state index is -0.416. The molecule has 1 aromatic heterocycles. The van der Waals surface area contributed by atoms with E-state index in [9.17, 15) is 9.50 Å². The summed E-state index contributed by atoms with van der Waals surface area (Å²) in [6, 6.07) is 9.43. The number of hydrogen-bond acceptors (Lipinski definition) is 3. The number of fused-ring (bicyclic) bond motifs is 1. The minimum absolute atomic E-state index is 0.108. The SMILES string of the molecule is Cc1c(Cl)cccc1NC(=S)N=Nc1c(O)[nH]c2cc(F)ccc12. The van der Waals surface area contributed by atoms with E-state index >= 15 is 0 Å². The fraction of sp³-hybridized carbons (Fsp3) is 0.0625. The van der Waals surface area contributed by atoms with Crippen LogP contribution in [-0.4, -0.2) is 15.2 Å². The summed E-state index contributed by atoms with van der Waals surface area (Å²) < 4.78 is 13.2. The van der Waals surface area contributed by atoms with Gasteiger partial charge in [0.2, 0.25) is 11.0 Å². The van der Waals surface area contributed by atoms with Crippen molar-refractivity contribution in [1.29, 1.82) is 0 Å². The average Bonchev–Trinajstić information content (AvgIpc) is 2.84. The van der Waals surface area contributed by atoms with Crippen molar-refractivity contribution in [2.75, 3.05) is 5.32 Å². The van der Waals surface area contributed by atoms with Gasteiger partial charge < -0.3 is 15.4 Å². The molecule has 8 heteroatoms. The third-order valence-electron chi connectivity index (χ3n) is 3.46. The van der Waals surface area contributed by atoms with Crippen molar-refractivity contribution in [2.45, 2.75) is 6.92 Å². The van der Waals surface area contributed by atoms with E-state index in [1.54, 1.807) is 12.1 Å². The van der Waals surface area contributed by atoms with Crippen molar-refractivity contribution in [2.24, 2.45) is 10.2 Å². The van der Waals surface area contributed by atoms with E-state index in [0.29, 0.717) is 15.9 Å². The Bertz CT molecular complexity index is 970. The van der Waals surface area contributed by atoms with E-state index in [1.165, 1.54) is 18.2 Å². The molecule has 0 radical (unpaired) electrons. The number of halogens is 2. The lowest BCUT2D eigenvalue weighted by atomic mass is 10.2. The summed E-state index contributed by atoms with van der Waals surface area (Å²) in [7, 11) is 0. The Labute approximate surface area is 147 Å². The van der Waals surface area contributed by atoms with Gasteiger partial charge in [-0.15, -0.1) is 10.2 Å². The highest BCUT2D eigenvalue weighted by Gasteiger charge is 2.11. The summed E-state index contributed by atoms with van der Waals surface area (Å²) in [6.07, 6.45) is 0. The Hall–Kier alpha value is -2.51. The number of aromatic nitrogens is 1. The lowest BCUT2D eigenvalue weighted by Crippen LogP contribution is -2.06. The molecule has 3 N–H and O–H groups in total. The number of azo groups is 1. The fourth-order valence-corrected chi connectivity index (χ4v) is 2.55. The molecule has 0 aliphatic heterocycles. The van der Waals surface area contributed by atoms with Crippen LogP contribution in [-0.2, 0) is 0 Å². The monoisotopic (exact) mass is 362 g/mol. The quantitative estimate of drug-likeness (QED) is 0.419. The maximum atomic E-state index is 13.2. The predicted octanol–water partition coefficient (Wildman–Crippen LogP) is 5.46. The number of rotatable bonds is 2. The van der Waals surface area contributed by atoms with Crippen molar-refractivity contribution in [3.63, 3.8) is 0 Å². The van der Waals surface area contributed by atoms with Gasteiger partial charge in [-0.1, -0.05) is 17.7 Å². The van der Waals surface area contributed by atoms with Crippen LogP contribution in [0, 0.1) is 12.7 Å². The van der Waals surface area contributed by atoms with Crippen molar-refractivity contribution >= 4 is 51.2 Å². The van der Waals surface area contributed by atoms with E-state index in [0.717, 1.165) is 11.3 Å². The van der Waals surface area contributed by atoms with E-state index < -0.39 is 5.82 Å². The first-order valence-corrected chi connectivity index (χ1v) is 7.72. The van der Waals surface area contributed by atoms with Gasteiger partial charge in [-0.05, 0) is 55.0 Å². The van der Waals surface area contributed by atoms with Gasteiger partial charge in [0.15, 0.2) is 5.69 Å². The molecule has 0 spiro atoms. The van der Waals surface area contributed by atoms with Crippen LogP contribution >= 0.6 is 23.8 Å². The predicted molar refractivity (Wildman–Crippen MR) is 96.8 cm³/mol. The Morgan fingerprint density at radius 1 is 1.33 bits per heavy atom. The molecule has 24 heavy (non-hydrogen) atoms. The molecule has 0 unspecified atom stereocenters. The van der Waals surface area contributed by atoms with Gasteiger partial charge in [-0.2, -0.15) is 0 Å².